The second kappa shape index (κ2) is 8.93. The molecule has 1 aliphatic heterocycles. The van der Waals surface area contributed by atoms with Crippen LogP contribution in [0.25, 0.3) is 5.57 Å². The maximum Gasteiger partial charge on any atom is 0.335 e. The zero-order valence-corrected chi connectivity index (χ0v) is 15.7. The Balaban J connectivity index is 1.95. The summed E-state index contributed by atoms with van der Waals surface area (Å²) in [6, 6.07) is 6.68. The van der Waals surface area contributed by atoms with Gasteiger partial charge in [-0.2, -0.15) is 0 Å². The fraction of sp³-hybridized carbons (Fsp3) is 0.130. The maximum atomic E-state index is 11.3. The van der Waals surface area contributed by atoms with Crippen LogP contribution in [0.3, 0.4) is 0 Å². The van der Waals surface area contributed by atoms with E-state index in [-0.39, 0.29) is 5.56 Å². The highest BCUT2D eigenvalue weighted by molar-refractivity contribution is 6.12. The predicted molar refractivity (Wildman–Crippen MR) is 113 cm³/mol. The first kappa shape index (κ1) is 19.9. The van der Waals surface area contributed by atoms with E-state index in [9.17, 15) is 19.8 Å². The average Bonchev–Trinajstić information content (AvgIpc) is 2.74. The Labute approximate surface area is 168 Å². The summed E-state index contributed by atoms with van der Waals surface area (Å²) < 4.78 is 0. The third kappa shape index (κ3) is 4.93. The van der Waals surface area contributed by atoms with Crippen LogP contribution in [0, 0.1) is 0 Å². The predicted octanol–water partition coefficient (Wildman–Crippen LogP) is 4.09. The van der Waals surface area contributed by atoms with Crippen LogP contribution in [0.15, 0.2) is 87.0 Å². The number of benzene rings is 1. The summed E-state index contributed by atoms with van der Waals surface area (Å²) in [6.45, 7) is 3.97. The number of carbonyl (C=O) groups is 2. The van der Waals surface area contributed by atoms with Gasteiger partial charge in [-0.25, -0.2) is 9.59 Å². The Morgan fingerprint density at radius 2 is 2.00 bits per heavy atom. The Kier molecular flexibility index (Phi) is 6.14. The Hall–Kier alpha value is -3.80. The molecular weight excluding hydrogens is 368 g/mol. The summed E-state index contributed by atoms with van der Waals surface area (Å²) in [5.74, 6) is -1.90. The van der Waals surface area contributed by atoms with Gasteiger partial charge < -0.3 is 10.2 Å². The number of hydrogen-bond acceptors (Lipinski definition) is 4. The van der Waals surface area contributed by atoms with E-state index in [1.165, 1.54) is 0 Å². The number of carboxylic acid groups (broad SMARTS) is 2. The van der Waals surface area contributed by atoms with Crippen LogP contribution in [-0.4, -0.2) is 41.6 Å². The van der Waals surface area contributed by atoms with Gasteiger partial charge in [0.15, 0.2) is 0 Å². The van der Waals surface area contributed by atoms with Gasteiger partial charge in [0, 0.05) is 18.0 Å². The first-order valence-electron chi connectivity index (χ1n) is 9.04. The van der Waals surface area contributed by atoms with Crippen LogP contribution in [0.5, 0.6) is 0 Å². The fourth-order valence-corrected chi connectivity index (χ4v) is 3.17. The molecule has 0 bridgehead atoms. The van der Waals surface area contributed by atoms with E-state index >= 15 is 0 Å². The molecule has 0 fully saturated rings. The van der Waals surface area contributed by atoms with Crippen molar-refractivity contribution in [2.75, 3.05) is 6.54 Å². The molecule has 6 heteroatoms. The molecular formula is C23H20N2O4. The molecule has 2 N–H and O–H groups in total. The molecule has 146 valence electrons. The molecule has 2 aliphatic rings. The van der Waals surface area contributed by atoms with Crippen molar-refractivity contribution < 1.29 is 19.8 Å². The van der Waals surface area contributed by atoms with Crippen LogP contribution in [0.4, 0.5) is 0 Å². The fourth-order valence-electron chi connectivity index (χ4n) is 3.17. The standard InChI is InChI=1S/C23H20N2O4/c1-24-13-20(16-4-2-6-18(10-16)22(26)27)8-15-9-21(14-25-12-15)17-5-3-7-19(11-17)23(28)29/h3-5,7-11,13-14H,1-2,6,12H2,(H,26,27)(H,28,29)/b15-8-,20-13+. The van der Waals surface area contributed by atoms with Gasteiger partial charge in [-0.15, -0.1) is 0 Å². The quantitative estimate of drug-likeness (QED) is 0.717. The minimum absolute atomic E-state index is 0.211. The van der Waals surface area contributed by atoms with Gasteiger partial charge in [0.2, 0.25) is 0 Å². The number of aliphatic imine (C=N–C) groups is 2. The highest BCUT2D eigenvalue weighted by atomic mass is 16.4. The number of aliphatic carboxylic acids is 1. The van der Waals surface area contributed by atoms with E-state index in [0.29, 0.717) is 25.0 Å². The molecule has 1 heterocycles. The van der Waals surface area contributed by atoms with Crippen molar-refractivity contribution in [3.05, 3.63) is 88.2 Å². The molecule has 0 amide bonds. The summed E-state index contributed by atoms with van der Waals surface area (Å²) in [6.07, 6.45) is 11.9. The van der Waals surface area contributed by atoms with Gasteiger partial charge >= 0.3 is 11.9 Å². The molecule has 1 aromatic rings. The van der Waals surface area contributed by atoms with Gasteiger partial charge in [-0.1, -0.05) is 18.2 Å². The number of dihydropyridines is 1. The van der Waals surface area contributed by atoms with Crippen molar-refractivity contribution in [1.82, 2.24) is 0 Å². The lowest BCUT2D eigenvalue weighted by atomic mass is 9.92. The van der Waals surface area contributed by atoms with Crippen LogP contribution < -0.4 is 0 Å². The third-order valence-corrected chi connectivity index (χ3v) is 4.57. The molecule has 0 spiro atoms. The molecule has 0 aromatic heterocycles. The second-order valence-corrected chi connectivity index (χ2v) is 6.61. The number of rotatable bonds is 6. The summed E-state index contributed by atoms with van der Waals surface area (Å²) in [5, 5.41) is 18.5. The molecule has 1 aromatic carbocycles. The summed E-state index contributed by atoms with van der Waals surface area (Å²) in [4.78, 5) is 30.8. The first-order chi connectivity index (χ1) is 14.0. The number of aromatic carboxylic acids is 1. The lowest BCUT2D eigenvalue weighted by Crippen LogP contribution is -2.05. The third-order valence-electron chi connectivity index (χ3n) is 4.57. The van der Waals surface area contributed by atoms with Crippen LogP contribution in [-0.2, 0) is 4.79 Å². The molecule has 0 unspecified atom stereocenters. The van der Waals surface area contributed by atoms with Crippen LogP contribution in [0.1, 0.15) is 28.8 Å². The number of hydrogen-bond donors (Lipinski definition) is 2. The molecule has 0 atom stereocenters. The first-order valence-corrected chi connectivity index (χ1v) is 9.04. The molecule has 0 saturated heterocycles. The summed E-state index contributed by atoms with van der Waals surface area (Å²) in [5.41, 5.74) is 4.57. The van der Waals surface area contributed by atoms with Gasteiger partial charge in [0.05, 0.1) is 12.1 Å². The zero-order valence-electron chi connectivity index (χ0n) is 15.7. The molecule has 0 saturated carbocycles. The zero-order chi connectivity index (χ0) is 20.8. The van der Waals surface area contributed by atoms with Crippen molar-refractivity contribution in [3.63, 3.8) is 0 Å². The van der Waals surface area contributed by atoms with Gasteiger partial charge in [-0.05, 0) is 77.8 Å². The maximum absolute atomic E-state index is 11.3. The molecule has 3 rings (SSSR count). The number of nitrogens with zero attached hydrogens (tertiary/aromatic N) is 2. The van der Waals surface area contributed by atoms with Crippen molar-refractivity contribution in [1.29, 1.82) is 0 Å². The van der Waals surface area contributed by atoms with E-state index in [4.69, 9.17) is 0 Å². The van der Waals surface area contributed by atoms with Crippen molar-refractivity contribution in [2.45, 2.75) is 12.8 Å². The molecule has 29 heavy (non-hydrogen) atoms. The molecule has 6 nitrogen and oxygen atoms in total. The monoisotopic (exact) mass is 388 g/mol. The van der Waals surface area contributed by atoms with Crippen molar-refractivity contribution >= 4 is 30.4 Å². The topological polar surface area (TPSA) is 99.3 Å². The minimum Gasteiger partial charge on any atom is -0.478 e. The van der Waals surface area contributed by atoms with E-state index < -0.39 is 11.9 Å². The van der Waals surface area contributed by atoms with Gasteiger partial charge in [0.25, 0.3) is 0 Å². The smallest absolute Gasteiger partial charge is 0.335 e. The van der Waals surface area contributed by atoms with E-state index in [1.54, 1.807) is 36.7 Å². The highest BCUT2D eigenvalue weighted by Crippen LogP contribution is 2.27. The largest absolute Gasteiger partial charge is 0.478 e. The minimum atomic E-state index is -0.983. The van der Waals surface area contributed by atoms with Crippen molar-refractivity contribution in [2.24, 2.45) is 9.98 Å². The van der Waals surface area contributed by atoms with Crippen LogP contribution >= 0.6 is 0 Å². The van der Waals surface area contributed by atoms with Crippen LogP contribution in [0.2, 0.25) is 0 Å². The highest BCUT2D eigenvalue weighted by Gasteiger charge is 2.15. The normalized spacial score (nSPS) is 18.0. The summed E-state index contributed by atoms with van der Waals surface area (Å²) in [7, 11) is 0. The number of allylic oxidation sites excluding steroid dienone is 6. The Morgan fingerprint density at radius 1 is 1.17 bits per heavy atom. The average molecular weight is 388 g/mol. The van der Waals surface area contributed by atoms with Gasteiger partial charge in [0.1, 0.15) is 0 Å². The molecule has 1 aliphatic carbocycles. The SMILES string of the molecule is C=N/C=C(\C=C1\C=C(c2cccc(C(=O)O)c2)C=NC1)C1=CCCC(C(=O)O)=C1. The Morgan fingerprint density at radius 3 is 2.72 bits per heavy atom. The van der Waals surface area contributed by atoms with E-state index in [2.05, 4.69) is 16.7 Å². The second-order valence-electron chi connectivity index (χ2n) is 6.61. The van der Waals surface area contributed by atoms with Gasteiger partial charge in [-0.3, -0.25) is 9.98 Å². The Bertz CT molecular complexity index is 1050. The summed E-state index contributed by atoms with van der Waals surface area (Å²) >= 11 is 0. The van der Waals surface area contributed by atoms with Crippen molar-refractivity contribution in [3.8, 4) is 0 Å². The number of carboxylic acids is 2. The molecule has 0 radical (unpaired) electrons. The van der Waals surface area contributed by atoms with E-state index in [0.717, 1.165) is 27.9 Å². The lowest BCUT2D eigenvalue weighted by molar-refractivity contribution is -0.132. The lowest BCUT2D eigenvalue weighted by Gasteiger charge is -2.14. The van der Waals surface area contributed by atoms with E-state index in [1.807, 2.05) is 24.3 Å².